The minimum atomic E-state index is -0.273. The first-order valence-electron chi connectivity index (χ1n) is 10.5. The maximum atomic E-state index is 11.0. The molecule has 0 aromatic heterocycles. The molecule has 3 nitrogen and oxygen atoms in total. The van der Waals surface area contributed by atoms with Gasteiger partial charge >= 0.3 is 0 Å². The molecule has 1 fully saturated rings. The molecular weight excluding hydrogens is 298 g/mol. The molecule has 1 aliphatic carbocycles. The summed E-state index contributed by atoms with van der Waals surface area (Å²) in [7, 11) is 0. The van der Waals surface area contributed by atoms with Crippen LogP contribution in [-0.4, -0.2) is 17.8 Å². The maximum absolute atomic E-state index is 11.0. The van der Waals surface area contributed by atoms with Crippen molar-refractivity contribution in [3.05, 3.63) is 4.91 Å². The largest absolute Gasteiger partial charge is 0.393 e. The van der Waals surface area contributed by atoms with Gasteiger partial charge in [-0.15, -0.1) is 0 Å². The van der Waals surface area contributed by atoms with E-state index in [-0.39, 0.29) is 6.10 Å². The van der Waals surface area contributed by atoms with Crippen LogP contribution in [0.25, 0.3) is 0 Å². The van der Waals surface area contributed by atoms with Gasteiger partial charge in [-0.1, -0.05) is 70.9 Å². The Morgan fingerprint density at radius 2 is 1.88 bits per heavy atom. The number of rotatable bonds is 9. The lowest BCUT2D eigenvalue weighted by atomic mass is 9.72. The van der Waals surface area contributed by atoms with E-state index in [2.05, 4.69) is 25.9 Å². The van der Waals surface area contributed by atoms with Crippen LogP contribution in [0.15, 0.2) is 5.18 Å². The van der Waals surface area contributed by atoms with Gasteiger partial charge in [-0.3, -0.25) is 0 Å². The van der Waals surface area contributed by atoms with Gasteiger partial charge in [-0.2, -0.15) is 4.91 Å². The Morgan fingerprint density at radius 1 is 1.12 bits per heavy atom. The number of hydrogen-bond acceptors (Lipinski definition) is 3. The highest BCUT2D eigenvalue weighted by Crippen LogP contribution is 2.38. The fourth-order valence-electron chi connectivity index (χ4n) is 4.83. The van der Waals surface area contributed by atoms with Gasteiger partial charge in [0, 0.05) is 0 Å². The van der Waals surface area contributed by atoms with Crippen molar-refractivity contribution in [2.75, 3.05) is 6.54 Å². The number of aliphatic hydroxyl groups excluding tert-OH is 1. The van der Waals surface area contributed by atoms with Crippen LogP contribution < -0.4 is 0 Å². The van der Waals surface area contributed by atoms with Crippen molar-refractivity contribution in [3.63, 3.8) is 0 Å². The molecule has 0 saturated heterocycles. The average Bonchev–Trinajstić information content (AvgIpc) is 2.59. The van der Waals surface area contributed by atoms with Gasteiger partial charge in [-0.25, -0.2) is 0 Å². The van der Waals surface area contributed by atoms with Crippen LogP contribution in [0.1, 0.15) is 91.9 Å². The SMILES string of the molecule is CCCC(C)CCCC1C(CN=O)CCC(C)CCCC1C(C)O. The molecule has 1 saturated carbocycles. The van der Waals surface area contributed by atoms with Crippen LogP contribution in [-0.2, 0) is 0 Å². The highest BCUT2D eigenvalue weighted by atomic mass is 16.3. The van der Waals surface area contributed by atoms with Crippen molar-refractivity contribution in [2.24, 2.45) is 34.8 Å². The molecule has 6 unspecified atom stereocenters. The van der Waals surface area contributed by atoms with Crippen LogP contribution in [0.3, 0.4) is 0 Å². The lowest BCUT2D eigenvalue weighted by Gasteiger charge is -2.34. The van der Waals surface area contributed by atoms with Gasteiger partial charge in [0.2, 0.25) is 0 Å². The van der Waals surface area contributed by atoms with Crippen LogP contribution in [0.5, 0.6) is 0 Å². The van der Waals surface area contributed by atoms with E-state index in [4.69, 9.17) is 0 Å². The van der Waals surface area contributed by atoms with E-state index in [1.807, 2.05) is 6.92 Å². The van der Waals surface area contributed by atoms with Gasteiger partial charge in [0.1, 0.15) is 0 Å². The molecule has 0 radical (unpaired) electrons. The molecule has 24 heavy (non-hydrogen) atoms. The fourth-order valence-corrected chi connectivity index (χ4v) is 4.83. The molecule has 0 spiro atoms. The molecular formula is C21H41NO2. The fraction of sp³-hybridized carbons (Fsp3) is 1.00. The van der Waals surface area contributed by atoms with Crippen LogP contribution in [0.2, 0.25) is 0 Å². The van der Waals surface area contributed by atoms with E-state index in [0.29, 0.717) is 24.3 Å². The average molecular weight is 340 g/mol. The van der Waals surface area contributed by atoms with E-state index in [0.717, 1.165) is 31.1 Å². The zero-order valence-electron chi connectivity index (χ0n) is 16.5. The van der Waals surface area contributed by atoms with Crippen molar-refractivity contribution >= 4 is 0 Å². The summed E-state index contributed by atoms with van der Waals surface area (Å²) in [5.74, 6) is 2.69. The van der Waals surface area contributed by atoms with Crippen molar-refractivity contribution in [1.82, 2.24) is 0 Å². The summed E-state index contributed by atoms with van der Waals surface area (Å²) >= 11 is 0. The highest BCUT2D eigenvalue weighted by Gasteiger charge is 2.33. The predicted molar refractivity (Wildman–Crippen MR) is 103 cm³/mol. The lowest BCUT2D eigenvalue weighted by molar-refractivity contribution is 0.0515. The molecule has 142 valence electrons. The number of hydrogen-bond donors (Lipinski definition) is 1. The summed E-state index contributed by atoms with van der Waals surface area (Å²) in [4.78, 5) is 11.0. The smallest absolute Gasteiger partial charge is 0.0842 e. The summed E-state index contributed by atoms with van der Waals surface area (Å²) in [6, 6.07) is 0. The Bertz CT molecular complexity index is 332. The van der Waals surface area contributed by atoms with Crippen molar-refractivity contribution in [1.29, 1.82) is 0 Å². The van der Waals surface area contributed by atoms with Crippen molar-refractivity contribution < 1.29 is 5.11 Å². The first-order valence-corrected chi connectivity index (χ1v) is 10.5. The summed E-state index contributed by atoms with van der Waals surface area (Å²) in [5.41, 5.74) is 0. The predicted octanol–water partition coefficient (Wildman–Crippen LogP) is 6.19. The van der Waals surface area contributed by atoms with E-state index in [1.165, 1.54) is 44.9 Å². The molecule has 0 heterocycles. The summed E-state index contributed by atoms with van der Waals surface area (Å²) in [6.45, 7) is 9.32. The Morgan fingerprint density at radius 3 is 2.50 bits per heavy atom. The number of aliphatic hydroxyl groups is 1. The molecule has 0 amide bonds. The summed E-state index contributed by atoms with van der Waals surface area (Å²) in [6.07, 6.45) is 11.8. The minimum Gasteiger partial charge on any atom is -0.393 e. The second-order valence-corrected chi connectivity index (χ2v) is 8.58. The molecule has 3 heteroatoms. The van der Waals surface area contributed by atoms with Gasteiger partial charge in [-0.05, 0) is 55.8 Å². The lowest BCUT2D eigenvalue weighted by Crippen LogP contribution is -2.32. The van der Waals surface area contributed by atoms with Gasteiger partial charge in [0.25, 0.3) is 0 Å². The molecule has 0 bridgehead atoms. The van der Waals surface area contributed by atoms with Crippen LogP contribution in [0, 0.1) is 34.5 Å². The molecule has 1 rings (SSSR count). The van der Waals surface area contributed by atoms with Gasteiger partial charge in [0.15, 0.2) is 0 Å². The second kappa shape index (κ2) is 12.0. The Hall–Kier alpha value is -0.440. The molecule has 0 aromatic carbocycles. The maximum Gasteiger partial charge on any atom is 0.0842 e. The van der Waals surface area contributed by atoms with Crippen LogP contribution in [0.4, 0.5) is 0 Å². The zero-order chi connectivity index (χ0) is 17.9. The zero-order valence-corrected chi connectivity index (χ0v) is 16.5. The number of nitroso groups, excluding NO2 is 1. The Balaban J connectivity index is 2.77. The van der Waals surface area contributed by atoms with E-state index in [1.54, 1.807) is 0 Å². The summed E-state index contributed by atoms with van der Waals surface area (Å²) < 4.78 is 0. The first kappa shape index (κ1) is 21.6. The van der Waals surface area contributed by atoms with Crippen molar-refractivity contribution in [2.45, 2.75) is 98.0 Å². The first-order chi connectivity index (χ1) is 11.5. The Labute approximate surface area is 150 Å². The quantitative estimate of drug-likeness (QED) is 0.509. The molecule has 0 aromatic rings. The van der Waals surface area contributed by atoms with E-state index in [9.17, 15) is 10.0 Å². The standard InChI is InChI=1S/C21H41NO2/c1-5-8-16(2)9-7-12-21-19(15-22-24)14-13-17(3)10-6-11-20(21)18(4)23/h16-21,23H,5-15H2,1-4H3. The van der Waals surface area contributed by atoms with E-state index >= 15 is 0 Å². The highest BCUT2D eigenvalue weighted by molar-refractivity contribution is 4.84. The topological polar surface area (TPSA) is 49.7 Å². The number of nitrogens with zero attached hydrogens (tertiary/aromatic N) is 1. The van der Waals surface area contributed by atoms with Crippen molar-refractivity contribution in [3.8, 4) is 0 Å². The molecule has 1 N–H and O–H groups in total. The normalized spacial score (nSPS) is 31.5. The third-order valence-electron chi connectivity index (χ3n) is 6.36. The van der Waals surface area contributed by atoms with E-state index < -0.39 is 0 Å². The molecule has 0 aliphatic heterocycles. The third kappa shape index (κ3) is 7.63. The third-order valence-corrected chi connectivity index (χ3v) is 6.36. The molecule has 1 aliphatic rings. The molecule has 6 atom stereocenters. The van der Waals surface area contributed by atoms with Crippen LogP contribution >= 0.6 is 0 Å². The monoisotopic (exact) mass is 339 g/mol. The Kier molecular flexibility index (Phi) is 10.8. The second-order valence-electron chi connectivity index (χ2n) is 8.58. The van der Waals surface area contributed by atoms with Gasteiger partial charge in [0.05, 0.1) is 12.6 Å². The summed E-state index contributed by atoms with van der Waals surface area (Å²) in [5, 5.41) is 13.7. The van der Waals surface area contributed by atoms with Gasteiger partial charge < -0.3 is 5.11 Å². The minimum absolute atomic E-state index is 0.273.